The average Bonchev–Trinajstić information content (AvgIpc) is 3.09. The van der Waals surface area contributed by atoms with Crippen LogP contribution in [0.4, 0.5) is 0 Å². The lowest BCUT2D eigenvalue weighted by atomic mass is 10.2. The van der Waals surface area contributed by atoms with Gasteiger partial charge >= 0.3 is 0 Å². The maximum Gasteiger partial charge on any atom is 0.150 e. The van der Waals surface area contributed by atoms with Crippen LogP contribution in [0.5, 0.6) is 0 Å². The van der Waals surface area contributed by atoms with Crippen molar-refractivity contribution in [3.05, 3.63) is 26.6 Å². The van der Waals surface area contributed by atoms with Crippen molar-refractivity contribution in [1.82, 2.24) is 0 Å². The SMILES string of the molecule is CSC1=C(SC)SC(=C2SC=C(SC(C(C)=O)C(C)=O)S2)S1. The van der Waals surface area contributed by atoms with Crippen LogP contribution < -0.4 is 0 Å². The highest BCUT2D eigenvalue weighted by atomic mass is 32.3. The molecule has 120 valence electrons. The number of hydrogen-bond donors (Lipinski definition) is 0. The molecule has 0 saturated carbocycles. The number of thioether (sulfide) groups is 7. The van der Waals surface area contributed by atoms with Crippen molar-refractivity contribution in [3.8, 4) is 0 Å². The molecule has 9 heteroatoms. The van der Waals surface area contributed by atoms with Crippen molar-refractivity contribution in [3.63, 3.8) is 0 Å². The van der Waals surface area contributed by atoms with E-state index in [9.17, 15) is 9.59 Å². The van der Waals surface area contributed by atoms with Crippen LogP contribution in [0.2, 0.25) is 0 Å². The van der Waals surface area contributed by atoms with Crippen LogP contribution in [0.3, 0.4) is 0 Å². The summed E-state index contributed by atoms with van der Waals surface area (Å²) in [6.07, 6.45) is 4.21. The van der Waals surface area contributed by atoms with E-state index in [0.717, 1.165) is 4.24 Å². The average molecular weight is 427 g/mol. The highest BCUT2D eigenvalue weighted by Crippen LogP contribution is 2.62. The van der Waals surface area contributed by atoms with Crippen LogP contribution in [0.15, 0.2) is 26.6 Å². The Kier molecular flexibility index (Phi) is 7.84. The molecule has 0 aromatic heterocycles. The molecule has 0 bridgehead atoms. The van der Waals surface area contributed by atoms with E-state index in [1.54, 1.807) is 47.0 Å². The molecule has 22 heavy (non-hydrogen) atoms. The summed E-state index contributed by atoms with van der Waals surface area (Å²) >= 11 is 11.9. The first-order chi connectivity index (χ1) is 10.5. The lowest BCUT2D eigenvalue weighted by molar-refractivity contribution is -0.123. The zero-order valence-corrected chi connectivity index (χ0v) is 18.0. The van der Waals surface area contributed by atoms with Crippen LogP contribution in [-0.2, 0) is 9.59 Å². The monoisotopic (exact) mass is 426 g/mol. The molecule has 0 aromatic rings. The lowest BCUT2D eigenvalue weighted by Gasteiger charge is -2.09. The van der Waals surface area contributed by atoms with E-state index in [1.165, 1.54) is 42.6 Å². The first kappa shape index (κ1) is 19.3. The Balaban J connectivity index is 2.03. The highest BCUT2D eigenvalue weighted by molar-refractivity contribution is 8.43. The normalized spacial score (nSPS) is 18.5. The molecule has 0 spiro atoms. The van der Waals surface area contributed by atoms with Gasteiger partial charge < -0.3 is 0 Å². The third-order valence-electron chi connectivity index (χ3n) is 2.50. The fourth-order valence-electron chi connectivity index (χ4n) is 1.56. The topological polar surface area (TPSA) is 34.1 Å². The van der Waals surface area contributed by atoms with Crippen LogP contribution >= 0.6 is 82.3 Å². The van der Waals surface area contributed by atoms with Gasteiger partial charge in [-0.1, -0.05) is 58.8 Å². The van der Waals surface area contributed by atoms with Gasteiger partial charge in [-0.3, -0.25) is 9.59 Å². The zero-order chi connectivity index (χ0) is 16.3. The number of rotatable bonds is 6. The molecule has 0 aliphatic carbocycles. The fourth-order valence-corrected chi connectivity index (χ4v) is 10.6. The Morgan fingerprint density at radius 3 is 1.95 bits per heavy atom. The maximum atomic E-state index is 11.6. The Morgan fingerprint density at radius 2 is 1.50 bits per heavy atom. The van der Waals surface area contributed by atoms with E-state index in [1.807, 2.05) is 28.9 Å². The molecule has 0 unspecified atom stereocenters. The van der Waals surface area contributed by atoms with Crippen molar-refractivity contribution in [2.24, 2.45) is 0 Å². The van der Waals surface area contributed by atoms with Gasteiger partial charge in [0, 0.05) is 0 Å². The van der Waals surface area contributed by atoms with Gasteiger partial charge in [-0.25, -0.2) is 0 Å². The minimum absolute atomic E-state index is 0.0780. The standard InChI is InChI=1S/C13H14O2S7/c1-6(14)9(7(2)15)19-8-5-18-12(20-8)13-21-10(16-3)11(17-4)22-13/h5,9H,1-4H3. The van der Waals surface area contributed by atoms with Gasteiger partial charge in [0.25, 0.3) is 0 Å². The Hall–Kier alpha value is 1.01. The molecule has 0 radical (unpaired) electrons. The van der Waals surface area contributed by atoms with E-state index in [0.29, 0.717) is 0 Å². The van der Waals surface area contributed by atoms with E-state index in [-0.39, 0.29) is 11.6 Å². The molecular formula is C13H14O2S7. The summed E-state index contributed by atoms with van der Waals surface area (Å²) in [5.74, 6) is -0.156. The van der Waals surface area contributed by atoms with Crippen molar-refractivity contribution >= 4 is 93.9 Å². The molecule has 0 saturated heterocycles. The summed E-state index contributed by atoms with van der Waals surface area (Å²) in [6, 6.07) is 0. The highest BCUT2D eigenvalue weighted by Gasteiger charge is 2.29. The minimum atomic E-state index is -0.575. The minimum Gasteiger partial charge on any atom is -0.298 e. The lowest BCUT2D eigenvalue weighted by Crippen LogP contribution is -2.21. The zero-order valence-electron chi connectivity index (χ0n) is 12.3. The molecule has 0 atom stereocenters. The molecule has 0 amide bonds. The molecule has 2 rings (SSSR count). The maximum absolute atomic E-state index is 11.6. The van der Waals surface area contributed by atoms with Gasteiger partial charge in [-0.2, -0.15) is 0 Å². The summed E-state index contributed by atoms with van der Waals surface area (Å²) < 4.78 is 6.30. The molecule has 2 heterocycles. The van der Waals surface area contributed by atoms with Crippen LogP contribution in [0.25, 0.3) is 0 Å². The number of carbonyl (C=O) groups is 2. The fraction of sp³-hybridized carbons (Fsp3) is 0.385. The molecule has 2 aliphatic heterocycles. The Bertz CT molecular complexity index is 559. The van der Waals surface area contributed by atoms with Crippen molar-refractivity contribution in [2.75, 3.05) is 12.5 Å². The molecule has 0 aromatic carbocycles. The largest absolute Gasteiger partial charge is 0.298 e. The Labute approximate surface area is 160 Å². The number of Topliss-reactive ketones (excluding diaryl/α,β-unsaturated/α-hetero) is 2. The van der Waals surface area contributed by atoms with E-state index in [2.05, 4.69) is 12.5 Å². The van der Waals surface area contributed by atoms with Crippen LogP contribution in [0.1, 0.15) is 13.8 Å². The predicted octanol–water partition coefficient (Wildman–Crippen LogP) is 6.00. The van der Waals surface area contributed by atoms with Crippen LogP contribution in [0, 0.1) is 0 Å². The second kappa shape index (κ2) is 8.92. The number of ketones is 2. The summed E-state index contributed by atoms with van der Waals surface area (Å²) in [7, 11) is 0. The number of hydrogen-bond acceptors (Lipinski definition) is 9. The molecule has 2 nitrogen and oxygen atoms in total. The van der Waals surface area contributed by atoms with Crippen molar-refractivity contribution < 1.29 is 9.59 Å². The molecule has 2 aliphatic rings. The van der Waals surface area contributed by atoms with Crippen LogP contribution in [-0.4, -0.2) is 29.3 Å². The quantitative estimate of drug-likeness (QED) is 0.475. The van der Waals surface area contributed by atoms with Gasteiger partial charge in [-0.15, -0.1) is 23.5 Å². The summed E-state index contributed by atoms with van der Waals surface area (Å²) in [5.41, 5.74) is 0. The Morgan fingerprint density at radius 1 is 0.955 bits per heavy atom. The van der Waals surface area contributed by atoms with E-state index >= 15 is 0 Å². The van der Waals surface area contributed by atoms with Gasteiger partial charge in [-0.05, 0) is 31.8 Å². The van der Waals surface area contributed by atoms with Gasteiger partial charge in [0.05, 0.1) is 21.2 Å². The molecule has 0 N–H and O–H groups in total. The third-order valence-corrected chi connectivity index (χ3v) is 12.4. The molecule has 0 fully saturated rings. The predicted molar refractivity (Wildman–Crippen MR) is 112 cm³/mol. The van der Waals surface area contributed by atoms with Gasteiger partial charge in [0.1, 0.15) is 5.25 Å². The third kappa shape index (κ3) is 4.77. The second-order valence-corrected chi connectivity index (χ2v) is 12.2. The van der Waals surface area contributed by atoms with E-state index < -0.39 is 5.25 Å². The summed E-state index contributed by atoms with van der Waals surface area (Å²) in [4.78, 5) is 23.1. The number of carbonyl (C=O) groups excluding carboxylic acids is 2. The van der Waals surface area contributed by atoms with Crippen molar-refractivity contribution in [2.45, 2.75) is 19.1 Å². The summed E-state index contributed by atoms with van der Waals surface area (Å²) in [5, 5.41) is 1.47. The smallest absolute Gasteiger partial charge is 0.150 e. The van der Waals surface area contributed by atoms with Gasteiger partial charge in [0.2, 0.25) is 0 Å². The molecular weight excluding hydrogens is 413 g/mol. The first-order valence-corrected chi connectivity index (χ1v) is 12.8. The van der Waals surface area contributed by atoms with Crippen molar-refractivity contribution in [1.29, 1.82) is 0 Å². The summed E-state index contributed by atoms with van der Waals surface area (Å²) in [6.45, 7) is 2.96. The second-order valence-electron chi connectivity index (χ2n) is 4.14. The van der Waals surface area contributed by atoms with E-state index in [4.69, 9.17) is 0 Å². The first-order valence-electron chi connectivity index (χ1n) is 6.10. The van der Waals surface area contributed by atoms with Gasteiger partial charge in [0.15, 0.2) is 11.6 Å².